The van der Waals surface area contributed by atoms with Gasteiger partial charge in [-0.05, 0) is 38.3 Å². The Labute approximate surface area is 127 Å². The summed E-state index contributed by atoms with van der Waals surface area (Å²) in [4.78, 5) is 20.1. The van der Waals surface area contributed by atoms with Gasteiger partial charge in [-0.15, -0.1) is 11.3 Å². The first-order valence-corrected chi connectivity index (χ1v) is 7.86. The van der Waals surface area contributed by atoms with Gasteiger partial charge in [0.25, 0.3) is 5.91 Å². The molecule has 0 radical (unpaired) electrons. The van der Waals surface area contributed by atoms with Crippen LogP contribution in [0, 0.1) is 6.92 Å². The molecule has 1 saturated heterocycles. The van der Waals surface area contributed by atoms with Crippen LogP contribution in [0.2, 0.25) is 0 Å². The van der Waals surface area contributed by atoms with E-state index in [4.69, 9.17) is 5.73 Å². The van der Waals surface area contributed by atoms with Gasteiger partial charge in [-0.1, -0.05) is 0 Å². The summed E-state index contributed by atoms with van der Waals surface area (Å²) in [5.41, 5.74) is 7.08. The predicted octanol–water partition coefficient (Wildman–Crippen LogP) is 2.17. The molecule has 2 aromatic rings. The molecule has 0 atom stereocenters. The third-order valence-electron chi connectivity index (χ3n) is 4.16. The second-order valence-electron chi connectivity index (χ2n) is 5.94. The number of aromatic nitrogens is 1. The Hall–Kier alpha value is -1.66. The average Bonchev–Trinajstić information content (AvgIpc) is 2.77. The molecule has 1 fully saturated rings. The van der Waals surface area contributed by atoms with Crippen LogP contribution in [-0.4, -0.2) is 39.6 Å². The zero-order valence-corrected chi connectivity index (χ0v) is 13.0. The van der Waals surface area contributed by atoms with Crippen LogP contribution in [0.3, 0.4) is 0 Å². The number of thiophene rings is 1. The van der Waals surface area contributed by atoms with Gasteiger partial charge in [0.05, 0.1) is 11.3 Å². The van der Waals surface area contributed by atoms with Gasteiger partial charge in [0.2, 0.25) is 0 Å². The van der Waals surface area contributed by atoms with Crippen molar-refractivity contribution in [1.29, 1.82) is 0 Å². The van der Waals surface area contributed by atoms with Crippen molar-refractivity contribution in [3.63, 3.8) is 0 Å². The number of likely N-dealkylation sites (tertiary alicyclic amines) is 1. The van der Waals surface area contributed by atoms with E-state index in [0.717, 1.165) is 15.8 Å². The van der Waals surface area contributed by atoms with E-state index in [1.807, 2.05) is 19.9 Å². The third kappa shape index (κ3) is 2.49. The highest BCUT2D eigenvalue weighted by Crippen LogP contribution is 2.35. The molecule has 0 aliphatic carbocycles. The maximum Gasteiger partial charge on any atom is 0.266 e. The third-order valence-corrected chi connectivity index (χ3v) is 5.26. The molecule has 1 aliphatic heterocycles. The van der Waals surface area contributed by atoms with Gasteiger partial charge in [0.15, 0.2) is 0 Å². The minimum absolute atomic E-state index is 0.0506. The van der Waals surface area contributed by atoms with E-state index in [0.29, 0.717) is 36.5 Å². The van der Waals surface area contributed by atoms with E-state index < -0.39 is 5.60 Å². The van der Waals surface area contributed by atoms with Crippen LogP contribution in [0.15, 0.2) is 12.3 Å². The fourth-order valence-electron chi connectivity index (χ4n) is 2.70. The average molecular weight is 305 g/mol. The lowest BCUT2D eigenvalue weighted by Gasteiger charge is -2.35. The van der Waals surface area contributed by atoms with Crippen LogP contribution < -0.4 is 5.73 Å². The lowest BCUT2D eigenvalue weighted by atomic mass is 9.94. The van der Waals surface area contributed by atoms with Crippen molar-refractivity contribution in [2.24, 2.45) is 0 Å². The zero-order chi connectivity index (χ0) is 15.2. The summed E-state index contributed by atoms with van der Waals surface area (Å²) < 4.78 is 0. The molecule has 3 heterocycles. The Morgan fingerprint density at radius 2 is 2.14 bits per heavy atom. The highest BCUT2D eigenvalue weighted by atomic mass is 32.1. The highest BCUT2D eigenvalue weighted by molar-refractivity contribution is 7.21. The standard InChI is InChI=1S/C15H19N3O2S/c1-9-3-6-17-13-10(9)11(16)12(21-13)14(19)18-7-4-15(2,20)5-8-18/h3,6,20H,4-5,7-8,16H2,1-2H3. The molecular formula is C15H19N3O2S. The Bertz CT molecular complexity index is 698. The SMILES string of the molecule is Cc1ccnc2sc(C(=O)N3CCC(C)(O)CC3)c(N)c12. The number of aliphatic hydroxyl groups is 1. The first-order chi connectivity index (χ1) is 9.89. The minimum Gasteiger partial charge on any atom is -0.397 e. The van der Waals surface area contributed by atoms with Crippen LogP contribution in [0.25, 0.3) is 10.2 Å². The quantitative estimate of drug-likeness (QED) is 0.846. The van der Waals surface area contributed by atoms with Crippen molar-refractivity contribution in [2.75, 3.05) is 18.8 Å². The van der Waals surface area contributed by atoms with Crippen molar-refractivity contribution in [1.82, 2.24) is 9.88 Å². The van der Waals surface area contributed by atoms with Gasteiger partial charge in [0, 0.05) is 24.7 Å². The summed E-state index contributed by atoms with van der Waals surface area (Å²) in [6.07, 6.45) is 2.93. The maximum absolute atomic E-state index is 12.7. The number of amides is 1. The lowest BCUT2D eigenvalue weighted by Crippen LogP contribution is -2.45. The highest BCUT2D eigenvalue weighted by Gasteiger charge is 2.31. The fraction of sp³-hybridized carbons (Fsp3) is 0.467. The molecule has 1 aliphatic rings. The number of carbonyl (C=O) groups excluding carboxylic acids is 1. The number of nitrogens with two attached hydrogens (primary N) is 1. The second-order valence-corrected chi connectivity index (χ2v) is 6.94. The first kappa shape index (κ1) is 14.3. The molecule has 3 rings (SSSR count). The summed E-state index contributed by atoms with van der Waals surface area (Å²) in [7, 11) is 0. The van der Waals surface area contributed by atoms with Crippen LogP contribution >= 0.6 is 11.3 Å². The Morgan fingerprint density at radius 3 is 2.76 bits per heavy atom. The molecule has 0 aromatic carbocycles. The van der Waals surface area contributed by atoms with Crippen molar-refractivity contribution in [2.45, 2.75) is 32.3 Å². The fourth-order valence-corrected chi connectivity index (χ4v) is 3.81. The van der Waals surface area contributed by atoms with Gasteiger partial charge in [-0.25, -0.2) is 4.98 Å². The summed E-state index contributed by atoms with van der Waals surface area (Å²) >= 11 is 1.35. The van der Waals surface area contributed by atoms with E-state index in [1.165, 1.54) is 11.3 Å². The number of hydrogen-bond acceptors (Lipinski definition) is 5. The lowest BCUT2D eigenvalue weighted by molar-refractivity contribution is -0.00184. The molecule has 21 heavy (non-hydrogen) atoms. The van der Waals surface area contributed by atoms with Crippen LogP contribution in [0.4, 0.5) is 5.69 Å². The van der Waals surface area contributed by atoms with E-state index in [2.05, 4.69) is 4.98 Å². The maximum atomic E-state index is 12.7. The van der Waals surface area contributed by atoms with Crippen LogP contribution in [-0.2, 0) is 0 Å². The summed E-state index contributed by atoms with van der Waals surface area (Å²) in [5.74, 6) is -0.0506. The number of rotatable bonds is 1. The number of nitrogens with zero attached hydrogens (tertiary/aromatic N) is 2. The summed E-state index contributed by atoms with van der Waals surface area (Å²) in [6.45, 7) is 4.91. The largest absolute Gasteiger partial charge is 0.397 e. The van der Waals surface area contributed by atoms with Crippen molar-refractivity contribution >= 4 is 33.1 Å². The van der Waals surface area contributed by atoms with Gasteiger partial charge < -0.3 is 15.7 Å². The molecule has 0 spiro atoms. The molecule has 3 N–H and O–H groups in total. The van der Waals surface area contributed by atoms with Crippen molar-refractivity contribution < 1.29 is 9.90 Å². The molecule has 112 valence electrons. The van der Waals surface area contributed by atoms with Crippen molar-refractivity contribution in [3.05, 3.63) is 22.7 Å². The molecule has 0 unspecified atom stereocenters. The van der Waals surface area contributed by atoms with E-state index in [1.54, 1.807) is 11.1 Å². The summed E-state index contributed by atoms with van der Waals surface area (Å²) in [6, 6.07) is 1.90. The number of pyridine rings is 1. The Morgan fingerprint density at radius 1 is 1.48 bits per heavy atom. The number of anilines is 1. The summed E-state index contributed by atoms with van der Waals surface area (Å²) in [5, 5.41) is 10.9. The smallest absolute Gasteiger partial charge is 0.266 e. The number of fused-ring (bicyclic) bond motifs is 1. The van der Waals surface area contributed by atoms with E-state index >= 15 is 0 Å². The number of nitrogen functional groups attached to an aromatic ring is 1. The molecular weight excluding hydrogens is 286 g/mol. The van der Waals surface area contributed by atoms with Crippen molar-refractivity contribution in [3.8, 4) is 0 Å². The number of hydrogen-bond donors (Lipinski definition) is 2. The second kappa shape index (κ2) is 4.96. The topological polar surface area (TPSA) is 79.5 Å². The zero-order valence-electron chi connectivity index (χ0n) is 12.2. The molecule has 6 heteroatoms. The monoisotopic (exact) mass is 305 g/mol. The van der Waals surface area contributed by atoms with Crippen LogP contribution in [0.5, 0.6) is 0 Å². The van der Waals surface area contributed by atoms with Crippen LogP contribution in [0.1, 0.15) is 35.0 Å². The first-order valence-electron chi connectivity index (χ1n) is 7.04. The molecule has 0 bridgehead atoms. The van der Waals surface area contributed by atoms with Gasteiger partial charge in [-0.2, -0.15) is 0 Å². The molecule has 5 nitrogen and oxygen atoms in total. The number of aryl methyl sites for hydroxylation is 1. The molecule has 1 amide bonds. The number of piperidine rings is 1. The minimum atomic E-state index is -0.666. The predicted molar refractivity (Wildman–Crippen MR) is 84.5 cm³/mol. The van der Waals surface area contributed by atoms with Gasteiger partial charge in [-0.3, -0.25) is 4.79 Å². The Kier molecular flexibility index (Phi) is 3.37. The van der Waals surface area contributed by atoms with E-state index in [9.17, 15) is 9.90 Å². The molecule has 2 aromatic heterocycles. The van der Waals surface area contributed by atoms with Gasteiger partial charge >= 0.3 is 0 Å². The Balaban J connectivity index is 1.92. The molecule has 0 saturated carbocycles. The number of carbonyl (C=O) groups is 1. The van der Waals surface area contributed by atoms with Gasteiger partial charge in [0.1, 0.15) is 9.71 Å². The normalized spacial score (nSPS) is 18.1. The van der Waals surface area contributed by atoms with E-state index in [-0.39, 0.29) is 5.91 Å².